The third-order valence-electron chi connectivity index (χ3n) is 4.82. The van der Waals surface area contributed by atoms with Gasteiger partial charge in [0.25, 0.3) is 5.91 Å². The number of thiophene rings is 1. The maximum atomic E-state index is 12.3. The van der Waals surface area contributed by atoms with Crippen LogP contribution in [0.3, 0.4) is 0 Å². The van der Waals surface area contributed by atoms with Crippen LogP contribution in [0.4, 0.5) is 0 Å². The molecule has 0 saturated carbocycles. The predicted octanol–water partition coefficient (Wildman–Crippen LogP) is 3.41. The second kappa shape index (κ2) is 8.49. The second-order valence-electron chi connectivity index (χ2n) is 6.78. The number of fused-ring (bicyclic) bond motifs is 1. The number of aromatic nitrogens is 1. The minimum absolute atomic E-state index is 0.228. The summed E-state index contributed by atoms with van der Waals surface area (Å²) in [5.41, 5.74) is 8.08. The molecule has 0 aromatic carbocycles. The van der Waals surface area contributed by atoms with Gasteiger partial charge in [-0.25, -0.2) is 0 Å². The van der Waals surface area contributed by atoms with Crippen LogP contribution in [0.5, 0.6) is 0 Å². The average Bonchev–Trinajstić information content (AvgIpc) is 3.14. The average molecular weight is 375 g/mol. The Kier molecular flexibility index (Phi) is 6.08. The van der Waals surface area contributed by atoms with Gasteiger partial charge in [0.1, 0.15) is 5.76 Å². The van der Waals surface area contributed by atoms with Crippen molar-refractivity contribution in [3.05, 3.63) is 38.4 Å². The molecule has 1 aliphatic rings. The molecule has 7 heteroatoms. The van der Waals surface area contributed by atoms with Crippen molar-refractivity contribution in [2.75, 3.05) is 0 Å². The maximum absolute atomic E-state index is 12.3. The Morgan fingerprint density at radius 1 is 1.15 bits per heavy atom. The first kappa shape index (κ1) is 18.6. The van der Waals surface area contributed by atoms with Crippen LogP contribution < -0.4 is 10.9 Å². The summed E-state index contributed by atoms with van der Waals surface area (Å²) >= 11 is 1.55. The molecule has 1 aliphatic carbocycles. The number of aryl methyl sites for hydroxylation is 4. The lowest BCUT2D eigenvalue weighted by Crippen LogP contribution is -2.41. The number of nitrogens with one attached hydrogen (secondary N) is 2. The number of hydrogen-bond acceptors (Lipinski definition) is 5. The highest BCUT2D eigenvalue weighted by atomic mass is 32.1. The molecule has 0 bridgehead atoms. The van der Waals surface area contributed by atoms with E-state index in [1.165, 1.54) is 36.1 Å². The maximum Gasteiger partial charge on any atom is 0.279 e. The summed E-state index contributed by atoms with van der Waals surface area (Å²) in [6.45, 7) is 3.69. The first-order valence-corrected chi connectivity index (χ1v) is 9.98. The van der Waals surface area contributed by atoms with Gasteiger partial charge in [-0.05, 0) is 57.6 Å². The van der Waals surface area contributed by atoms with E-state index < -0.39 is 0 Å². The van der Waals surface area contributed by atoms with Gasteiger partial charge in [0.05, 0.1) is 10.6 Å². The van der Waals surface area contributed by atoms with Crippen molar-refractivity contribution in [1.82, 2.24) is 16.0 Å². The SMILES string of the molecule is Cc1noc(C)c1CCC(=O)NNC(=O)c1cc2c(s1)CCCCCC2. The van der Waals surface area contributed by atoms with E-state index in [4.69, 9.17) is 4.52 Å². The number of carbonyl (C=O) groups excluding carboxylic acids is 2. The van der Waals surface area contributed by atoms with E-state index in [0.29, 0.717) is 11.3 Å². The van der Waals surface area contributed by atoms with Crippen LogP contribution in [0, 0.1) is 13.8 Å². The highest BCUT2D eigenvalue weighted by Crippen LogP contribution is 2.28. The van der Waals surface area contributed by atoms with Crippen molar-refractivity contribution in [1.29, 1.82) is 0 Å². The Morgan fingerprint density at radius 2 is 1.92 bits per heavy atom. The van der Waals surface area contributed by atoms with Crippen LogP contribution in [-0.2, 0) is 24.1 Å². The molecular formula is C19H25N3O3S. The predicted molar refractivity (Wildman–Crippen MR) is 100 cm³/mol. The molecule has 2 aromatic heterocycles. The van der Waals surface area contributed by atoms with Gasteiger partial charge in [-0.1, -0.05) is 18.0 Å². The quantitative estimate of drug-likeness (QED) is 0.802. The molecule has 2 amide bonds. The molecule has 0 atom stereocenters. The fourth-order valence-electron chi connectivity index (χ4n) is 3.30. The minimum atomic E-state index is -0.243. The highest BCUT2D eigenvalue weighted by Gasteiger charge is 2.17. The minimum Gasteiger partial charge on any atom is -0.361 e. The standard InChI is InChI=1S/C19H25N3O3S/c1-12-15(13(2)25-22-12)9-10-18(23)20-21-19(24)17-11-14-7-5-3-4-6-8-16(14)26-17/h11H,3-10H2,1-2H3,(H,20,23)(H,21,24). The largest absolute Gasteiger partial charge is 0.361 e. The molecular weight excluding hydrogens is 350 g/mol. The summed E-state index contributed by atoms with van der Waals surface area (Å²) < 4.78 is 5.09. The van der Waals surface area contributed by atoms with Gasteiger partial charge in [0.2, 0.25) is 5.91 Å². The van der Waals surface area contributed by atoms with E-state index in [-0.39, 0.29) is 18.2 Å². The first-order chi connectivity index (χ1) is 12.5. The summed E-state index contributed by atoms with van der Waals surface area (Å²) in [7, 11) is 0. The number of hydrazine groups is 1. The van der Waals surface area contributed by atoms with Crippen molar-refractivity contribution in [3.63, 3.8) is 0 Å². The van der Waals surface area contributed by atoms with E-state index in [2.05, 4.69) is 16.0 Å². The topological polar surface area (TPSA) is 84.2 Å². The Bertz CT molecular complexity index is 749. The Hall–Kier alpha value is -2.15. The third-order valence-corrected chi connectivity index (χ3v) is 6.05. The Labute approximate surface area is 157 Å². The highest BCUT2D eigenvalue weighted by molar-refractivity contribution is 7.14. The zero-order valence-electron chi connectivity index (χ0n) is 15.3. The number of carbonyl (C=O) groups is 2. The van der Waals surface area contributed by atoms with Gasteiger partial charge >= 0.3 is 0 Å². The molecule has 0 radical (unpaired) electrons. The first-order valence-electron chi connectivity index (χ1n) is 9.17. The summed E-state index contributed by atoms with van der Waals surface area (Å²) in [6.07, 6.45) is 7.80. The molecule has 6 nitrogen and oxygen atoms in total. The number of rotatable bonds is 4. The van der Waals surface area contributed by atoms with Crippen LogP contribution in [0.15, 0.2) is 10.6 Å². The second-order valence-corrected chi connectivity index (χ2v) is 7.92. The number of hydrogen-bond donors (Lipinski definition) is 2. The molecule has 140 valence electrons. The zero-order chi connectivity index (χ0) is 18.5. The normalized spacial score (nSPS) is 14.2. The van der Waals surface area contributed by atoms with Gasteiger partial charge < -0.3 is 4.52 Å². The van der Waals surface area contributed by atoms with Gasteiger partial charge in [-0.15, -0.1) is 11.3 Å². The Balaban J connectivity index is 1.50. The van der Waals surface area contributed by atoms with E-state index in [1.807, 2.05) is 19.9 Å². The lowest BCUT2D eigenvalue weighted by Gasteiger charge is -2.07. The van der Waals surface area contributed by atoms with E-state index >= 15 is 0 Å². The molecule has 2 aromatic rings. The lowest BCUT2D eigenvalue weighted by atomic mass is 10.00. The molecule has 0 unspecified atom stereocenters. The molecule has 3 rings (SSSR count). The Morgan fingerprint density at radius 3 is 2.65 bits per heavy atom. The van der Waals surface area contributed by atoms with Crippen molar-refractivity contribution in [3.8, 4) is 0 Å². The summed E-state index contributed by atoms with van der Waals surface area (Å²) in [6, 6.07) is 1.98. The van der Waals surface area contributed by atoms with Crippen molar-refractivity contribution < 1.29 is 14.1 Å². The lowest BCUT2D eigenvalue weighted by molar-refractivity contribution is -0.121. The monoisotopic (exact) mass is 375 g/mol. The summed E-state index contributed by atoms with van der Waals surface area (Å²) in [5.74, 6) is 0.260. The number of nitrogens with zero attached hydrogens (tertiary/aromatic N) is 1. The third kappa shape index (κ3) is 4.52. The fraction of sp³-hybridized carbons (Fsp3) is 0.526. The van der Waals surface area contributed by atoms with Crippen LogP contribution in [0.1, 0.15) is 69.2 Å². The summed E-state index contributed by atoms with van der Waals surface area (Å²) in [4.78, 5) is 26.3. The van der Waals surface area contributed by atoms with E-state index in [9.17, 15) is 9.59 Å². The molecule has 0 spiro atoms. The van der Waals surface area contributed by atoms with E-state index in [1.54, 1.807) is 11.3 Å². The molecule has 0 saturated heterocycles. The van der Waals surface area contributed by atoms with E-state index in [0.717, 1.165) is 29.9 Å². The molecule has 2 N–H and O–H groups in total. The fourth-order valence-corrected chi connectivity index (χ4v) is 4.45. The molecule has 0 fully saturated rings. The van der Waals surface area contributed by atoms with Gasteiger partial charge in [-0.2, -0.15) is 0 Å². The molecule has 26 heavy (non-hydrogen) atoms. The van der Waals surface area contributed by atoms with Crippen LogP contribution >= 0.6 is 11.3 Å². The molecule has 2 heterocycles. The van der Waals surface area contributed by atoms with Gasteiger partial charge in [0.15, 0.2) is 0 Å². The van der Waals surface area contributed by atoms with Crippen molar-refractivity contribution in [2.24, 2.45) is 0 Å². The zero-order valence-corrected chi connectivity index (χ0v) is 16.1. The van der Waals surface area contributed by atoms with Crippen LogP contribution in [0.2, 0.25) is 0 Å². The van der Waals surface area contributed by atoms with Crippen molar-refractivity contribution >= 4 is 23.2 Å². The van der Waals surface area contributed by atoms with Gasteiger partial charge in [0, 0.05) is 16.9 Å². The molecule has 0 aliphatic heterocycles. The number of amides is 2. The van der Waals surface area contributed by atoms with Crippen LogP contribution in [0.25, 0.3) is 0 Å². The van der Waals surface area contributed by atoms with Crippen LogP contribution in [-0.4, -0.2) is 17.0 Å². The summed E-state index contributed by atoms with van der Waals surface area (Å²) in [5, 5.41) is 3.88. The van der Waals surface area contributed by atoms with Gasteiger partial charge in [-0.3, -0.25) is 20.4 Å². The smallest absolute Gasteiger partial charge is 0.279 e. The van der Waals surface area contributed by atoms with Crippen molar-refractivity contribution in [2.45, 2.75) is 65.2 Å².